The van der Waals surface area contributed by atoms with E-state index in [-0.39, 0.29) is 11.7 Å². The fourth-order valence-electron chi connectivity index (χ4n) is 1.92. The first-order valence-corrected chi connectivity index (χ1v) is 7.07. The minimum atomic E-state index is -0.168. The number of hydrogen-bond acceptors (Lipinski definition) is 4. The molecule has 1 fully saturated rings. The summed E-state index contributed by atoms with van der Waals surface area (Å²) in [6.45, 7) is 0. The third-order valence-corrected chi connectivity index (χ3v) is 3.99. The molecule has 2 heterocycles. The van der Waals surface area contributed by atoms with Crippen LogP contribution < -0.4 is 5.32 Å². The SMILES string of the molecule is O=C1NC(=S)S/C1=C/c1cccn1-c1ccc(O)cc1. The zero-order valence-corrected chi connectivity index (χ0v) is 11.9. The molecule has 3 rings (SSSR count). The molecule has 100 valence electrons. The van der Waals surface area contributed by atoms with E-state index in [2.05, 4.69) is 5.32 Å². The molecule has 4 nitrogen and oxygen atoms in total. The minimum absolute atomic E-state index is 0.168. The highest BCUT2D eigenvalue weighted by Crippen LogP contribution is 2.27. The molecule has 2 aromatic rings. The lowest BCUT2D eigenvalue weighted by Crippen LogP contribution is -2.17. The number of phenols is 1. The van der Waals surface area contributed by atoms with E-state index >= 15 is 0 Å². The van der Waals surface area contributed by atoms with Crippen LogP contribution in [0.1, 0.15) is 5.69 Å². The Morgan fingerprint density at radius 1 is 1.25 bits per heavy atom. The number of thioether (sulfide) groups is 1. The third kappa shape index (κ3) is 2.48. The molecule has 1 aromatic heterocycles. The van der Waals surface area contributed by atoms with Crippen molar-refractivity contribution in [2.45, 2.75) is 0 Å². The molecular weight excluding hydrogens is 292 g/mol. The Morgan fingerprint density at radius 3 is 2.65 bits per heavy atom. The van der Waals surface area contributed by atoms with Crippen molar-refractivity contribution in [3.05, 3.63) is 53.2 Å². The summed E-state index contributed by atoms with van der Waals surface area (Å²) in [5.41, 5.74) is 1.78. The summed E-state index contributed by atoms with van der Waals surface area (Å²) < 4.78 is 2.41. The maximum atomic E-state index is 11.7. The van der Waals surface area contributed by atoms with Crippen molar-refractivity contribution in [1.29, 1.82) is 0 Å². The lowest BCUT2D eigenvalue weighted by Gasteiger charge is -2.06. The van der Waals surface area contributed by atoms with Gasteiger partial charge in [0, 0.05) is 17.6 Å². The quantitative estimate of drug-likeness (QED) is 0.661. The number of carbonyl (C=O) groups excluding carboxylic acids is 1. The van der Waals surface area contributed by atoms with E-state index in [1.54, 1.807) is 18.2 Å². The van der Waals surface area contributed by atoms with Gasteiger partial charge in [0.2, 0.25) is 0 Å². The van der Waals surface area contributed by atoms with Gasteiger partial charge in [-0.2, -0.15) is 0 Å². The van der Waals surface area contributed by atoms with Crippen LogP contribution in [0.15, 0.2) is 47.5 Å². The highest BCUT2D eigenvalue weighted by atomic mass is 32.2. The number of carbonyl (C=O) groups is 1. The Hall–Kier alpha value is -2.05. The van der Waals surface area contributed by atoms with Gasteiger partial charge >= 0.3 is 0 Å². The molecule has 0 saturated carbocycles. The van der Waals surface area contributed by atoms with Gasteiger partial charge < -0.3 is 15.0 Å². The van der Waals surface area contributed by atoms with Gasteiger partial charge in [-0.05, 0) is 42.5 Å². The third-order valence-electron chi connectivity index (χ3n) is 2.83. The molecular formula is C14H10N2O2S2. The van der Waals surface area contributed by atoms with Crippen molar-refractivity contribution in [1.82, 2.24) is 9.88 Å². The number of nitrogens with one attached hydrogen (secondary N) is 1. The van der Waals surface area contributed by atoms with Crippen molar-refractivity contribution in [2.75, 3.05) is 0 Å². The number of aromatic hydroxyl groups is 1. The second-order valence-corrected chi connectivity index (χ2v) is 5.89. The molecule has 0 bridgehead atoms. The van der Waals surface area contributed by atoms with E-state index in [9.17, 15) is 9.90 Å². The molecule has 0 spiro atoms. The normalized spacial score (nSPS) is 16.7. The number of rotatable bonds is 2. The van der Waals surface area contributed by atoms with Gasteiger partial charge in [0.25, 0.3) is 5.91 Å². The second-order valence-electron chi connectivity index (χ2n) is 4.17. The lowest BCUT2D eigenvalue weighted by molar-refractivity contribution is -0.115. The molecule has 1 aliphatic heterocycles. The molecule has 1 amide bonds. The molecule has 1 aliphatic rings. The van der Waals surface area contributed by atoms with Crippen LogP contribution >= 0.6 is 24.0 Å². The Balaban J connectivity index is 1.99. The Labute approximate surface area is 125 Å². The predicted molar refractivity (Wildman–Crippen MR) is 83.7 cm³/mol. The van der Waals surface area contributed by atoms with E-state index in [4.69, 9.17) is 12.2 Å². The van der Waals surface area contributed by atoms with Crippen LogP contribution in [-0.2, 0) is 4.79 Å². The maximum Gasteiger partial charge on any atom is 0.263 e. The van der Waals surface area contributed by atoms with Gasteiger partial charge in [0.05, 0.1) is 4.91 Å². The van der Waals surface area contributed by atoms with Crippen LogP contribution in [0.3, 0.4) is 0 Å². The van der Waals surface area contributed by atoms with Crippen LogP contribution in [0.2, 0.25) is 0 Å². The molecule has 0 aliphatic carbocycles. The number of aromatic nitrogens is 1. The molecule has 0 atom stereocenters. The number of thiocarbonyl (C=S) groups is 1. The van der Waals surface area contributed by atoms with Crippen LogP contribution in [0.5, 0.6) is 5.75 Å². The zero-order chi connectivity index (χ0) is 14.1. The van der Waals surface area contributed by atoms with Crippen LogP contribution in [0.4, 0.5) is 0 Å². The monoisotopic (exact) mass is 302 g/mol. The summed E-state index contributed by atoms with van der Waals surface area (Å²) >= 11 is 6.22. The molecule has 0 radical (unpaired) electrons. The maximum absolute atomic E-state index is 11.7. The average molecular weight is 302 g/mol. The molecule has 2 N–H and O–H groups in total. The first kappa shape index (κ1) is 13.0. The van der Waals surface area contributed by atoms with Gasteiger partial charge in [-0.25, -0.2) is 0 Å². The van der Waals surface area contributed by atoms with E-state index < -0.39 is 0 Å². The van der Waals surface area contributed by atoms with Crippen molar-refractivity contribution >= 4 is 40.3 Å². The van der Waals surface area contributed by atoms with E-state index in [0.717, 1.165) is 11.4 Å². The van der Waals surface area contributed by atoms with Crippen LogP contribution in [0, 0.1) is 0 Å². The standard InChI is InChI=1S/C14H10N2O2S2/c17-11-5-3-9(4-6-11)16-7-1-2-10(16)8-12-13(18)15-14(19)20-12/h1-8,17H,(H,15,18,19)/b12-8+. The van der Waals surface area contributed by atoms with Crippen LogP contribution in [-0.4, -0.2) is 19.9 Å². The summed E-state index contributed by atoms with van der Waals surface area (Å²) in [5, 5.41) is 11.9. The molecule has 6 heteroatoms. The summed E-state index contributed by atoms with van der Waals surface area (Å²) in [4.78, 5) is 12.3. The fourth-order valence-corrected chi connectivity index (χ4v) is 2.94. The van der Waals surface area contributed by atoms with Gasteiger partial charge in [0.15, 0.2) is 0 Å². The molecule has 1 aromatic carbocycles. The zero-order valence-electron chi connectivity index (χ0n) is 10.2. The largest absolute Gasteiger partial charge is 0.508 e. The number of benzene rings is 1. The van der Waals surface area contributed by atoms with E-state index in [1.807, 2.05) is 35.0 Å². The predicted octanol–water partition coefficient (Wildman–Crippen LogP) is 2.67. The topological polar surface area (TPSA) is 54.3 Å². The number of hydrogen-bond donors (Lipinski definition) is 2. The van der Waals surface area contributed by atoms with Crippen LogP contribution in [0.25, 0.3) is 11.8 Å². The Morgan fingerprint density at radius 2 is 2.00 bits per heavy atom. The highest BCUT2D eigenvalue weighted by molar-refractivity contribution is 8.26. The Bertz CT molecular complexity index is 717. The van der Waals surface area contributed by atoms with E-state index in [1.165, 1.54) is 11.8 Å². The number of amides is 1. The molecule has 0 unspecified atom stereocenters. The smallest absolute Gasteiger partial charge is 0.263 e. The lowest BCUT2D eigenvalue weighted by atomic mass is 10.3. The molecule has 20 heavy (non-hydrogen) atoms. The summed E-state index contributed by atoms with van der Waals surface area (Å²) in [6, 6.07) is 10.7. The number of nitrogens with zero attached hydrogens (tertiary/aromatic N) is 1. The van der Waals surface area contributed by atoms with Crippen molar-refractivity contribution in [3.8, 4) is 11.4 Å². The van der Waals surface area contributed by atoms with Gasteiger partial charge in [0.1, 0.15) is 10.1 Å². The highest BCUT2D eigenvalue weighted by Gasteiger charge is 2.22. The molecule has 1 saturated heterocycles. The van der Waals surface area contributed by atoms with Crippen molar-refractivity contribution in [2.24, 2.45) is 0 Å². The average Bonchev–Trinajstić information content (AvgIpc) is 2.98. The summed E-state index contributed by atoms with van der Waals surface area (Å²) in [6.07, 6.45) is 3.70. The summed E-state index contributed by atoms with van der Waals surface area (Å²) in [7, 11) is 0. The first-order chi connectivity index (χ1) is 9.63. The van der Waals surface area contributed by atoms with Gasteiger partial charge in [-0.3, -0.25) is 4.79 Å². The fraction of sp³-hybridized carbons (Fsp3) is 0. The first-order valence-electron chi connectivity index (χ1n) is 5.85. The van der Waals surface area contributed by atoms with Gasteiger partial charge in [-0.1, -0.05) is 24.0 Å². The Kier molecular flexibility index (Phi) is 3.33. The summed E-state index contributed by atoms with van der Waals surface area (Å²) in [5.74, 6) is 0.0512. The van der Waals surface area contributed by atoms with Crippen molar-refractivity contribution in [3.63, 3.8) is 0 Å². The van der Waals surface area contributed by atoms with Gasteiger partial charge in [-0.15, -0.1) is 0 Å². The number of phenolic OH excluding ortho intramolecular Hbond substituents is 1. The second kappa shape index (κ2) is 5.15. The van der Waals surface area contributed by atoms with E-state index in [0.29, 0.717) is 9.23 Å². The van der Waals surface area contributed by atoms with Crippen molar-refractivity contribution < 1.29 is 9.90 Å². The minimum Gasteiger partial charge on any atom is -0.508 e.